The van der Waals surface area contributed by atoms with Crippen LogP contribution in [0.25, 0.3) is 0 Å². The molecule has 3 nitrogen and oxygen atoms in total. The Hall–Kier alpha value is -0.350. The van der Waals surface area contributed by atoms with Crippen molar-refractivity contribution in [2.75, 3.05) is 11.4 Å². The minimum atomic E-state index is 0.496. The van der Waals surface area contributed by atoms with Crippen LogP contribution >= 0.6 is 27.5 Å². The number of hydrogen-bond donors (Lipinski definition) is 0. The summed E-state index contributed by atoms with van der Waals surface area (Å²) in [6, 6.07) is 0.594. The van der Waals surface area contributed by atoms with Gasteiger partial charge in [0.15, 0.2) is 0 Å². The van der Waals surface area contributed by atoms with Gasteiger partial charge in [0.2, 0.25) is 0 Å². The number of piperidine rings is 1. The molecule has 0 aromatic carbocycles. The van der Waals surface area contributed by atoms with Crippen molar-refractivity contribution in [2.24, 2.45) is 0 Å². The molecule has 0 saturated carbocycles. The van der Waals surface area contributed by atoms with Gasteiger partial charge >= 0.3 is 0 Å². The van der Waals surface area contributed by atoms with E-state index in [1.54, 1.807) is 6.33 Å². The Bertz CT molecular complexity index is 384. The van der Waals surface area contributed by atoms with E-state index < -0.39 is 0 Å². The van der Waals surface area contributed by atoms with Crippen molar-refractivity contribution >= 4 is 33.3 Å². The first-order chi connectivity index (χ1) is 8.24. The molecule has 94 valence electrons. The topological polar surface area (TPSA) is 29.0 Å². The van der Waals surface area contributed by atoms with Gasteiger partial charge in [-0.25, -0.2) is 9.97 Å². The van der Waals surface area contributed by atoms with Gasteiger partial charge < -0.3 is 4.90 Å². The lowest BCUT2D eigenvalue weighted by Crippen LogP contribution is -2.40. The van der Waals surface area contributed by atoms with Crippen LogP contribution in [0.3, 0.4) is 0 Å². The predicted octanol–water partition coefficient (Wildman–Crippen LogP) is 4.05. The minimum Gasteiger partial charge on any atom is -0.353 e. The highest BCUT2D eigenvalue weighted by Gasteiger charge is 2.25. The number of nitrogens with zero attached hydrogens (tertiary/aromatic N) is 3. The molecular formula is C12H17BrClN3. The number of hydrogen-bond acceptors (Lipinski definition) is 3. The van der Waals surface area contributed by atoms with Crippen LogP contribution < -0.4 is 4.90 Å². The monoisotopic (exact) mass is 317 g/mol. The second kappa shape index (κ2) is 6.01. The van der Waals surface area contributed by atoms with Crippen LogP contribution in [0.5, 0.6) is 0 Å². The summed E-state index contributed by atoms with van der Waals surface area (Å²) in [5.74, 6) is 0.947. The summed E-state index contributed by atoms with van der Waals surface area (Å²) in [7, 11) is 0. The van der Waals surface area contributed by atoms with E-state index in [2.05, 4.69) is 37.7 Å². The maximum atomic E-state index is 6.03. The molecular weight excluding hydrogens is 302 g/mol. The largest absolute Gasteiger partial charge is 0.353 e. The van der Waals surface area contributed by atoms with Crippen LogP contribution in [-0.2, 0) is 0 Å². The first kappa shape index (κ1) is 13.1. The molecule has 0 N–H and O–H groups in total. The van der Waals surface area contributed by atoms with Gasteiger partial charge in [-0.2, -0.15) is 0 Å². The highest BCUT2D eigenvalue weighted by molar-refractivity contribution is 9.10. The van der Waals surface area contributed by atoms with Gasteiger partial charge in [0.1, 0.15) is 17.3 Å². The number of aromatic nitrogens is 2. The Balaban J connectivity index is 2.26. The zero-order chi connectivity index (χ0) is 12.3. The molecule has 0 aliphatic carbocycles. The molecule has 2 rings (SSSR count). The van der Waals surface area contributed by atoms with Crippen molar-refractivity contribution in [3.05, 3.63) is 16.0 Å². The third-order valence-corrected chi connectivity index (χ3v) is 4.49. The maximum absolute atomic E-state index is 6.03. The summed E-state index contributed by atoms with van der Waals surface area (Å²) < 4.78 is 0.824. The molecule has 1 aliphatic rings. The van der Waals surface area contributed by atoms with Crippen molar-refractivity contribution in [1.29, 1.82) is 0 Å². The zero-order valence-electron chi connectivity index (χ0n) is 9.99. The minimum absolute atomic E-state index is 0.496. The summed E-state index contributed by atoms with van der Waals surface area (Å²) in [6.45, 7) is 3.30. The van der Waals surface area contributed by atoms with E-state index in [-0.39, 0.29) is 0 Å². The van der Waals surface area contributed by atoms with Gasteiger partial charge in [0.05, 0.1) is 4.47 Å². The van der Waals surface area contributed by atoms with Crippen molar-refractivity contribution in [1.82, 2.24) is 9.97 Å². The lowest BCUT2D eigenvalue weighted by molar-refractivity contribution is 0.431. The van der Waals surface area contributed by atoms with Gasteiger partial charge in [-0.3, -0.25) is 0 Å². The van der Waals surface area contributed by atoms with Crippen LogP contribution in [0.1, 0.15) is 39.0 Å². The molecule has 5 heteroatoms. The van der Waals surface area contributed by atoms with Gasteiger partial charge in [0.25, 0.3) is 0 Å². The molecule has 1 fully saturated rings. The van der Waals surface area contributed by atoms with Crippen LogP contribution in [-0.4, -0.2) is 22.6 Å². The molecule has 0 spiro atoms. The van der Waals surface area contributed by atoms with Crippen LogP contribution in [0.15, 0.2) is 10.8 Å². The SMILES string of the molecule is CCCC1CCCCN1c1ncnc(Cl)c1Br. The van der Waals surface area contributed by atoms with Crippen LogP contribution in [0.4, 0.5) is 5.82 Å². The first-order valence-electron chi connectivity index (χ1n) is 6.16. The normalized spacial score (nSPS) is 20.6. The quantitative estimate of drug-likeness (QED) is 0.787. The molecule has 0 radical (unpaired) electrons. The highest BCUT2D eigenvalue weighted by Crippen LogP contribution is 2.33. The third kappa shape index (κ3) is 2.91. The van der Waals surface area contributed by atoms with E-state index in [0.29, 0.717) is 11.2 Å². The fourth-order valence-corrected chi connectivity index (χ4v) is 3.01. The fourth-order valence-electron chi connectivity index (χ4n) is 2.45. The second-order valence-corrected chi connectivity index (χ2v) is 5.58. The molecule has 1 aliphatic heterocycles. The molecule has 1 saturated heterocycles. The van der Waals surface area contributed by atoms with Gasteiger partial charge in [0, 0.05) is 12.6 Å². The van der Waals surface area contributed by atoms with E-state index in [1.807, 2.05) is 0 Å². The molecule has 1 atom stereocenters. The van der Waals surface area contributed by atoms with Gasteiger partial charge in [-0.15, -0.1) is 0 Å². The Morgan fingerprint density at radius 2 is 2.29 bits per heavy atom. The number of halogens is 2. The second-order valence-electron chi connectivity index (χ2n) is 4.43. The lowest BCUT2D eigenvalue weighted by atomic mass is 9.98. The molecule has 17 heavy (non-hydrogen) atoms. The van der Waals surface area contributed by atoms with E-state index in [1.165, 1.54) is 32.1 Å². The lowest BCUT2D eigenvalue weighted by Gasteiger charge is -2.37. The summed E-state index contributed by atoms with van der Waals surface area (Å²) in [5.41, 5.74) is 0. The molecule has 1 unspecified atom stereocenters. The Morgan fingerprint density at radius 3 is 3.06 bits per heavy atom. The average molecular weight is 319 g/mol. The van der Waals surface area contributed by atoms with E-state index in [9.17, 15) is 0 Å². The summed E-state index contributed by atoms with van der Waals surface area (Å²) in [4.78, 5) is 10.7. The smallest absolute Gasteiger partial charge is 0.148 e. The van der Waals surface area contributed by atoms with E-state index >= 15 is 0 Å². The van der Waals surface area contributed by atoms with E-state index in [0.717, 1.165) is 16.8 Å². The molecule has 0 amide bonds. The van der Waals surface area contributed by atoms with Gasteiger partial charge in [-0.05, 0) is 41.6 Å². The maximum Gasteiger partial charge on any atom is 0.148 e. The standard InChI is InChI=1S/C12H17BrClN3/c1-2-5-9-6-3-4-7-17(9)12-10(13)11(14)15-8-16-12/h8-9H,2-7H2,1H3. The summed E-state index contributed by atoms with van der Waals surface area (Å²) in [5, 5.41) is 0.496. The zero-order valence-corrected chi connectivity index (χ0v) is 12.3. The van der Waals surface area contributed by atoms with Crippen LogP contribution in [0.2, 0.25) is 5.15 Å². The van der Waals surface area contributed by atoms with Crippen molar-refractivity contribution in [3.8, 4) is 0 Å². The molecule has 2 heterocycles. The third-order valence-electron chi connectivity index (χ3n) is 3.25. The van der Waals surface area contributed by atoms with Crippen molar-refractivity contribution < 1.29 is 0 Å². The fraction of sp³-hybridized carbons (Fsp3) is 0.667. The van der Waals surface area contributed by atoms with Crippen molar-refractivity contribution in [2.45, 2.75) is 45.1 Å². The average Bonchev–Trinajstić information content (AvgIpc) is 2.34. The van der Waals surface area contributed by atoms with Gasteiger partial charge in [-0.1, -0.05) is 24.9 Å². The highest BCUT2D eigenvalue weighted by atomic mass is 79.9. The van der Waals surface area contributed by atoms with Crippen molar-refractivity contribution in [3.63, 3.8) is 0 Å². The Labute approximate surface area is 116 Å². The summed E-state index contributed by atoms with van der Waals surface area (Å²) in [6.07, 6.45) is 7.76. The molecule has 1 aromatic heterocycles. The Morgan fingerprint density at radius 1 is 1.47 bits per heavy atom. The predicted molar refractivity (Wildman–Crippen MR) is 74.6 cm³/mol. The van der Waals surface area contributed by atoms with E-state index in [4.69, 9.17) is 11.6 Å². The van der Waals surface area contributed by atoms with Crippen LogP contribution in [0, 0.1) is 0 Å². The first-order valence-corrected chi connectivity index (χ1v) is 7.33. The molecule has 0 bridgehead atoms. The number of rotatable bonds is 3. The Kier molecular flexibility index (Phi) is 4.62. The number of anilines is 1. The molecule has 1 aromatic rings. The summed E-state index contributed by atoms with van der Waals surface area (Å²) >= 11 is 9.53.